The van der Waals surface area contributed by atoms with Crippen molar-refractivity contribution in [1.82, 2.24) is 15.1 Å². The minimum atomic E-state index is -0.0910. The maximum absolute atomic E-state index is 11.1. The normalized spacial score (nSPS) is 10.6. The first-order valence-electron chi connectivity index (χ1n) is 5.24. The van der Waals surface area contributed by atoms with Gasteiger partial charge in [-0.05, 0) is 5.92 Å². The highest BCUT2D eigenvalue weighted by atomic mass is 16.1. The van der Waals surface area contributed by atoms with E-state index < -0.39 is 0 Å². The second kappa shape index (κ2) is 4.87. The highest BCUT2D eigenvalue weighted by Gasteiger charge is 2.15. The molecule has 4 N–H and O–H groups in total. The lowest BCUT2D eigenvalue weighted by Crippen LogP contribution is -2.27. The minimum Gasteiger partial charge on any atom is -0.394 e. The van der Waals surface area contributed by atoms with E-state index in [0.29, 0.717) is 11.5 Å². The number of rotatable bonds is 4. The first-order chi connectivity index (χ1) is 7.47. The summed E-state index contributed by atoms with van der Waals surface area (Å²) in [5.41, 5.74) is 7.42. The maximum atomic E-state index is 11.1. The van der Waals surface area contributed by atoms with Crippen LogP contribution in [0.1, 0.15) is 25.5 Å². The summed E-state index contributed by atoms with van der Waals surface area (Å²) in [6.45, 7) is 4.25. The zero-order chi connectivity index (χ0) is 12.3. The molecule has 0 saturated carbocycles. The minimum absolute atomic E-state index is 0.0910. The quantitative estimate of drug-likeness (QED) is 0.687. The SMILES string of the molecule is CNC(=O)CNc1c(N)c(C(C)C)nn1C. The molecule has 0 aliphatic heterocycles. The zero-order valence-electron chi connectivity index (χ0n) is 10.2. The number of aromatic nitrogens is 2. The van der Waals surface area contributed by atoms with Gasteiger partial charge in [0.2, 0.25) is 5.91 Å². The van der Waals surface area contributed by atoms with Crippen LogP contribution in [0.15, 0.2) is 0 Å². The Morgan fingerprint density at radius 3 is 2.62 bits per heavy atom. The van der Waals surface area contributed by atoms with E-state index >= 15 is 0 Å². The molecule has 0 unspecified atom stereocenters. The van der Waals surface area contributed by atoms with E-state index in [1.807, 2.05) is 13.8 Å². The van der Waals surface area contributed by atoms with Crippen LogP contribution in [-0.2, 0) is 11.8 Å². The Hall–Kier alpha value is -1.72. The number of hydrogen-bond donors (Lipinski definition) is 3. The van der Waals surface area contributed by atoms with E-state index in [9.17, 15) is 4.79 Å². The van der Waals surface area contributed by atoms with Crippen LogP contribution in [-0.4, -0.2) is 29.3 Å². The van der Waals surface area contributed by atoms with Crippen molar-refractivity contribution < 1.29 is 4.79 Å². The number of likely N-dealkylation sites (N-methyl/N-ethyl adjacent to an activating group) is 1. The predicted molar refractivity (Wildman–Crippen MR) is 64.3 cm³/mol. The second-order valence-corrected chi connectivity index (χ2v) is 3.95. The lowest BCUT2D eigenvalue weighted by Gasteiger charge is -2.06. The van der Waals surface area contributed by atoms with Crippen LogP contribution in [0.5, 0.6) is 0 Å². The van der Waals surface area contributed by atoms with E-state index in [0.717, 1.165) is 5.69 Å². The van der Waals surface area contributed by atoms with E-state index in [-0.39, 0.29) is 18.4 Å². The molecule has 6 heteroatoms. The van der Waals surface area contributed by atoms with E-state index in [1.165, 1.54) is 0 Å². The standard InChI is InChI=1S/C10H19N5O/c1-6(2)9-8(11)10(15(4)14-9)13-5-7(16)12-3/h6,13H,5,11H2,1-4H3,(H,12,16). The molecule has 0 fully saturated rings. The summed E-state index contributed by atoms with van der Waals surface area (Å²) >= 11 is 0. The summed E-state index contributed by atoms with van der Waals surface area (Å²) < 4.78 is 1.66. The molecule has 0 atom stereocenters. The van der Waals surface area contributed by atoms with Gasteiger partial charge < -0.3 is 16.4 Å². The monoisotopic (exact) mass is 225 g/mol. The Kier molecular flexibility index (Phi) is 3.76. The van der Waals surface area contributed by atoms with E-state index in [4.69, 9.17) is 5.73 Å². The molecule has 1 rings (SSSR count). The van der Waals surface area contributed by atoms with Crippen LogP contribution >= 0.6 is 0 Å². The third kappa shape index (κ3) is 2.44. The molecule has 0 bridgehead atoms. The summed E-state index contributed by atoms with van der Waals surface area (Å²) in [5, 5.41) is 9.81. The van der Waals surface area contributed by atoms with Gasteiger partial charge >= 0.3 is 0 Å². The number of amides is 1. The van der Waals surface area contributed by atoms with E-state index in [1.54, 1.807) is 18.8 Å². The molecular formula is C10H19N5O. The molecule has 0 aliphatic carbocycles. The van der Waals surface area contributed by atoms with Gasteiger partial charge in [0.1, 0.15) is 5.82 Å². The molecular weight excluding hydrogens is 206 g/mol. The average molecular weight is 225 g/mol. The van der Waals surface area contributed by atoms with Gasteiger partial charge in [0.15, 0.2) is 0 Å². The number of carbonyl (C=O) groups excluding carboxylic acids is 1. The molecule has 1 amide bonds. The Morgan fingerprint density at radius 2 is 2.19 bits per heavy atom. The molecule has 1 heterocycles. The number of nitrogens with zero attached hydrogens (tertiary/aromatic N) is 2. The molecule has 0 spiro atoms. The highest BCUT2D eigenvalue weighted by molar-refractivity contribution is 5.81. The maximum Gasteiger partial charge on any atom is 0.239 e. The van der Waals surface area contributed by atoms with Crippen molar-refractivity contribution in [2.45, 2.75) is 19.8 Å². The van der Waals surface area contributed by atoms with Crippen LogP contribution in [0, 0.1) is 0 Å². The number of nitrogens with one attached hydrogen (secondary N) is 2. The summed E-state index contributed by atoms with van der Waals surface area (Å²) in [4.78, 5) is 11.1. The van der Waals surface area contributed by atoms with Crippen molar-refractivity contribution in [3.8, 4) is 0 Å². The summed E-state index contributed by atoms with van der Waals surface area (Å²) in [7, 11) is 3.39. The number of aryl methyl sites for hydroxylation is 1. The van der Waals surface area contributed by atoms with Crippen LogP contribution in [0.2, 0.25) is 0 Å². The largest absolute Gasteiger partial charge is 0.394 e. The zero-order valence-corrected chi connectivity index (χ0v) is 10.2. The highest BCUT2D eigenvalue weighted by Crippen LogP contribution is 2.27. The molecule has 90 valence electrons. The van der Waals surface area contributed by atoms with Gasteiger partial charge in [-0.1, -0.05) is 13.8 Å². The Labute approximate surface area is 95.2 Å². The van der Waals surface area contributed by atoms with Crippen molar-refractivity contribution in [3.63, 3.8) is 0 Å². The van der Waals surface area contributed by atoms with Gasteiger partial charge in [-0.3, -0.25) is 9.48 Å². The first-order valence-corrected chi connectivity index (χ1v) is 5.24. The third-order valence-corrected chi connectivity index (χ3v) is 2.35. The van der Waals surface area contributed by atoms with Crippen molar-refractivity contribution in [2.24, 2.45) is 7.05 Å². The average Bonchev–Trinajstić information content (AvgIpc) is 2.51. The number of nitrogens with two attached hydrogens (primary N) is 1. The van der Waals surface area contributed by atoms with Crippen molar-refractivity contribution in [1.29, 1.82) is 0 Å². The first kappa shape index (κ1) is 12.4. The van der Waals surface area contributed by atoms with Gasteiger partial charge in [-0.2, -0.15) is 5.10 Å². The van der Waals surface area contributed by atoms with Gasteiger partial charge in [-0.25, -0.2) is 0 Å². The van der Waals surface area contributed by atoms with Crippen LogP contribution in [0.4, 0.5) is 11.5 Å². The van der Waals surface area contributed by atoms with Gasteiger partial charge in [0.05, 0.1) is 17.9 Å². The molecule has 1 aromatic rings. The smallest absolute Gasteiger partial charge is 0.239 e. The van der Waals surface area contributed by atoms with Crippen molar-refractivity contribution in [3.05, 3.63) is 5.69 Å². The lowest BCUT2D eigenvalue weighted by molar-refractivity contribution is -0.118. The lowest BCUT2D eigenvalue weighted by atomic mass is 10.1. The number of nitrogen functional groups attached to an aromatic ring is 1. The third-order valence-electron chi connectivity index (χ3n) is 2.35. The molecule has 16 heavy (non-hydrogen) atoms. The van der Waals surface area contributed by atoms with Crippen LogP contribution < -0.4 is 16.4 Å². The fraction of sp³-hybridized carbons (Fsp3) is 0.600. The Bertz CT molecular complexity index is 383. The Morgan fingerprint density at radius 1 is 1.56 bits per heavy atom. The molecule has 0 radical (unpaired) electrons. The number of carbonyl (C=O) groups is 1. The fourth-order valence-electron chi connectivity index (χ4n) is 1.45. The summed E-state index contributed by atoms with van der Waals surface area (Å²) in [6.07, 6.45) is 0. The summed E-state index contributed by atoms with van der Waals surface area (Å²) in [6, 6.07) is 0. The summed E-state index contributed by atoms with van der Waals surface area (Å²) in [5.74, 6) is 0.862. The number of anilines is 2. The van der Waals surface area contributed by atoms with Crippen LogP contribution in [0.3, 0.4) is 0 Å². The van der Waals surface area contributed by atoms with Crippen molar-refractivity contribution >= 4 is 17.4 Å². The van der Waals surface area contributed by atoms with Crippen molar-refractivity contribution in [2.75, 3.05) is 24.6 Å². The Balaban J connectivity index is 2.84. The molecule has 1 aromatic heterocycles. The molecule has 0 aliphatic rings. The molecule has 0 aromatic carbocycles. The molecule has 6 nitrogen and oxygen atoms in total. The van der Waals surface area contributed by atoms with Crippen LogP contribution in [0.25, 0.3) is 0 Å². The van der Waals surface area contributed by atoms with Gasteiger partial charge in [0, 0.05) is 14.1 Å². The molecule has 0 saturated heterocycles. The topological polar surface area (TPSA) is 85.0 Å². The fourth-order valence-corrected chi connectivity index (χ4v) is 1.45. The number of hydrogen-bond acceptors (Lipinski definition) is 4. The predicted octanol–water partition coefficient (Wildman–Crippen LogP) is 0.284. The van der Waals surface area contributed by atoms with Gasteiger partial charge in [-0.15, -0.1) is 0 Å². The van der Waals surface area contributed by atoms with E-state index in [2.05, 4.69) is 15.7 Å². The van der Waals surface area contributed by atoms with Gasteiger partial charge in [0.25, 0.3) is 0 Å². The second-order valence-electron chi connectivity index (χ2n) is 3.95.